The van der Waals surface area contributed by atoms with Crippen LogP contribution in [0.15, 0.2) is 12.2 Å². The van der Waals surface area contributed by atoms with Crippen LogP contribution in [-0.2, 0) is 7.05 Å². The summed E-state index contributed by atoms with van der Waals surface area (Å²) in [6, 6.07) is -0.0272. The van der Waals surface area contributed by atoms with Crippen molar-refractivity contribution in [1.29, 1.82) is 0 Å². The lowest BCUT2D eigenvalue weighted by Gasteiger charge is -2.03. The second kappa shape index (κ2) is 3.30. The van der Waals surface area contributed by atoms with Crippen LogP contribution in [0.2, 0.25) is 0 Å². The summed E-state index contributed by atoms with van der Waals surface area (Å²) >= 11 is 0. The molecule has 6 heteroatoms. The number of aryl methyl sites for hydroxylation is 1. The van der Waals surface area contributed by atoms with Crippen LogP contribution >= 0.6 is 0 Å². The Morgan fingerprint density at radius 2 is 2.43 bits per heavy atom. The molecule has 0 aromatic carbocycles. The van der Waals surface area contributed by atoms with E-state index in [0.717, 1.165) is 0 Å². The predicted molar refractivity (Wildman–Crippen MR) is 48.4 cm³/mol. The highest BCUT2D eigenvalue weighted by Crippen LogP contribution is 2.19. The highest BCUT2D eigenvalue weighted by molar-refractivity contribution is 5.95. The molecular weight excluding hydrogens is 182 g/mol. The summed E-state index contributed by atoms with van der Waals surface area (Å²) in [5, 5.41) is 11.1. The molecule has 0 amide bonds. The van der Waals surface area contributed by atoms with Crippen molar-refractivity contribution in [3.63, 3.8) is 0 Å². The Morgan fingerprint density at radius 3 is 2.93 bits per heavy atom. The fourth-order valence-corrected chi connectivity index (χ4v) is 1.47. The monoisotopic (exact) mass is 193 g/mol. The van der Waals surface area contributed by atoms with Crippen LogP contribution < -0.4 is 5.73 Å². The molecule has 2 unspecified atom stereocenters. The minimum Gasteiger partial charge on any atom is -0.324 e. The lowest BCUT2D eigenvalue weighted by molar-refractivity contribution is 0.0932. The molecule has 1 aromatic heterocycles. The fourth-order valence-electron chi connectivity index (χ4n) is 1.47. The van der Waals surface area contributed by atoms with E-state index in [1.807, 2.05) is 12.2 Å². The number of aromatic nitrogens is 4. The summed E-state index contributed by atoms with van der Waals surface area (Å²) < 4.78 is 0. The van der Waals surface area contributed by atoms with E-state index in [1.165, 1.54) is 4.80 Å². The van der Waals surface area contributed by atoms with Gasteiger partial charge in [-0.2, -0.15) is 4.80 Å². The molecule has 0 saturated carbocycles. The lowest BCUT2D eigenvalue weighted by atomic mass is 10.0. The van der Waals surface area contributed by atoms with Crippen LogP contribution in [0.5, 0.6) is 0 Å². The number of carbonyl (C=O) groups is 1. The first-order chi connectivity index (χ1) is 6.66. The van der Waals surface area contributed by atoms with Gasteiger partial charge >= 0.3 is 0 Å². The average Bonchev–Trinajstić information content (AvgIpc) is 2.73. The Bertz CT molecular complexity index is 383. The van der Waals surface area contributed by atoms with Gasteiger partial charge in [0.25, 0.3) is 0 Å². The first-order valence-electron chi connectivity index (χ1n) is 4.39. The Labute approximate surface area is 80.8 Å². The maximum atomic E-state index is 11.7. The molecule has 14 heavy (non-hydrogen) atoms. The van der Waals surface area contributed by atoms with Gasteiger partial charge in [0.2, 0.25) is 11.6 Å². The molecule has 0 saturated heterocycles. The zero-order valence-corrected chi connectivity index (χ0v) is 7.79. The summed E-state index contributed by atoms with van der Waals surface area (Å²) in [5.41, 5.74) is 5.65. The largest absolute Gasteiger partial charge is 0.324 e. The smallest absolute Gasteiger partial charge is 0.241 e. The molecule has 74 valence electrons. The molecule has 2 rings (SSSR count). The highest BCUT2D eigenvalue weighted by Gasteiger charge is 2.26. The van der Waals surface area contributed by atoms with Crippen LogP contribution in [0.25, 0.3) is 0 Å². The Kier molecular flexibility index (Phi) is 2.12. The van der Waals surface area contributed by atoms with Crippen LogP contribution in [0.1, 0.15) is 17.0 Å². The van der Waals surface area contributed by atoms with Crippen molar-refractivity contribution in [2.24, 2.45) is 18.7 Å². The number of ketones is 1. The fraction of sp³-hybridized carbons (Fsp3) is 0.500. The van der Waals surface area contributed by atoms with Gasteiger partial charge in [-0.25, -0.2) is 0 Å². The maximum absolute atomic E-state index is 11.7. The number of allylic oxidation sites excluding steroid dienone is 1. The van der Waals surface area contributed by atoms with Gasteiger partial charge in [0, 0.05) is 12.0 Å². The third-order valence-corrected chi connectivity index (χ3v) is 2.18. The number of nitrogens with two attached hydrogens (primary N) is 1. The Hall–Kier alpha value is -1.56. The quantitative estimate of drug-likeness (QED) is 0.495. The third-order valence-electron chi connectivity index (χ3n) is 2.18. The number of nitrogens with zero attached hydrogens (tertiary/aromatic N) is 4. The van der Waals surface area contributed by atoms with Gasteiger partial charge in [0.15, 0.2) is 0 Å². The highest BCUT2D eigenvalue weighted by atomic mass is 16.1. The number of Topliss-reactive ketones (excluding diaryl/α,β-unsaturated/α-hetero) is 1. The van der Waals surface area contributed by atoms with E-state index in [4.69, 9.17) is 5.73 Å². The van der Waals surface area contributed by atoms with E-state index in [1.54, 1.807) is 7.05 Å². The van der Waals surface area contributed by atoms with Gasteiger partial charge in [-0.3, -0.25) is 4.79 Å². The topological polar surface area (TPSA) is 86.7 Å². The molecule has 2 N–H and O–H groups in total. The second-order valence-corrected chi connectivity index (χ2v) is 3.36. The van der Waals surface area contributed by atoms with Crippen molar-refractivity contribution in [3.05, 3.63) is 18.0 Å². The summed E-state index contributed by atoms with van der Waals surface area (Å²) in [6.45, 7) is 0. The zero-order chi connectivity index (χ0) is 10.1. The van der Waals surface area contributed by atoms with Gasteiger partial charge in [0.1, 0.15) is 0 Å². The average molecular weight is 193 g/mol. The van der Waals surface area contributed by atoms with E-state index >= 15 is 0 Å². The van der Waals surface area contributed by atoms with E-state index in [2.05, 4.69) is 15.4 Å². The maximum Gasteiger partial charge on any atom is 0.241 e. The first-order valence-corrected chi connectivity index (χ1v) is 4.39. The second-order valence-electron chi connectivity index (χ2n) is 3.36. The summed E-state index contributed by atoms with van der Waals surface area (Å²) in [5.74, 6) is -0.132. The van der Waals surface area contributed by atoms with Gasteiger partial charge in [-0.15, -0.1) is 10.2 Å². The van der Waals surface area contributed by atoms with Crippen LogP contribution in [-0.4, -0.2) is 32.0 Å². The zero-order valence-electron chi connectivity index (χ0n) is 7.79. The van der Waals surface area contributed by atoms with Crippen molar-refractivity contribution in [2.45, 2.75) is 12.5 Å². The number of hydrogen-bond acceptors (Lipinski definition) is 5. The van der Waals surface area contributed by atoms with E-state index in [9.17, 15) is 4.79 Å². The number of rotatable bonds is 2. The molecule has 2 atom stereocenters. The number of carbonyl (C=O) groups excluding carboxylic acids is 1. The predicted octanol–water partition coefficient (Wildman–Crippen LogP) is -0.704. The van der Waals surface area contributed by atoms with E-state index in [-0.39, 0.29) is 23.6 Å². The molecule has 6 nitrogen and oxygen atoms in total. The van der Waals surface area contributed by atoms with Crippen molar-refractivity contribution in [1.82, 2.24) is 20.2 Å². The van der Waals surface area contributed by atoms with E-state index in [0.29, 0.717) is 6.42 Å². The molecule has 1 heterocycles. The molecule has 0 bridgehead atoms. The molecule has 1 aliphatic rings. The number of hydrogen-bond donors (Lipinski definition) is 1. The molecule has 0 fully saturated rings. The summed E-state index contributed by atoms with van der Waals surface area (Å²) in [6.07, 6.45) is 4.28. The van der Waals surface area contributed by atoms with Gasteiger partial charge in [0.05, 0.1) is 7.05 Å². The molecular formula is C8H11N5O. The Morgan fingerprint density at radius 1 is 1.64 bits per heavy atom. The molecule has 1 aliphatic carbocycles. The normalized spacial score (nSPS) is 25.6. The Balaban J connectivity index is 2.13. The SMILES string of the molecule is Cn1nnc(C(=O)C2C=CC(N)C2)n1. The minimum absolute atomic E-state index is 0.0272. The van der Waals surface area contributed by atoms with Gasteiger partial charge in [-0.1, -0.05) is 12.2 Å². The van der Waals surface area contributed by atoms with Crippen molar-refractivity contribution < 1.29 is 4.79 Å². The number of tetrazole rings is 1. The standard InChI is InChI=1S/C8H11N5O/c1-13-11-8(10-12-13)7(14)5-2-3-6(9)4-5/h2-3,5-6H,4,9H2,1H3. The van der Waals surface area contributed by atoms with Crippen molar-refractivity contribution in [2.75, 3.05) is 0 Å². The molecule has 1 aromatic rings. The van der Waals surface area contributed by atoms with Gasteiger partial charge < -0.3 is 5.73 Å². The van der Waals surface area contributed by atoms with Crippen molar-refractivity contribution >= 4 is 5.78 Å². The van der Waals surface area contributed by atoms with E-state index < -0.39 is 0 Å². The molecule has 0 aliphatic heterocycles. The third kappa shape index (κ3) is 1.56. The van der Waals surface area contributed by atoms with Crippen molar-refractivity contribution in [3.8, 4) is 0 Å². The minimum atomic E-state index is -0.186. The summed E-state index contributed by atoms with van der Waals surface area (Å²) in [7, 11) is 1.63. The first kappa shape index (κ1) is 9.01. The van der Waals surface area contributed by atoms with Gasteiger partial charge in [-0.05, 0) is 11.6 Å². The molecule has 0 radical (unpaired) electrons. The lowest BCUT2D eigenvalue weighted by Crippen LogP contribution is -2.20. The van der Waals surface area contributed by atoms with Crippen LogP contribution in [0.3, 0.4) is 0 Å². The summed E-state index contributed by atoms with van der Waals surface area (Å²) in [4.78, 5) is 13.0. The molecule has 0 spiro atoms. The van der Waals surface area contributed by atoms with Crippen LogP contribution in [0.4, 0.5) is 0 Å². The van der Waals surface area contributed by atoms with Crippen LogP contribution in [0, 0.1) is 5.92 Å².